The van der Waals surface area contributed by atoms with Crippen molar-refractivity contribution in [2.75, 3.05) is 6.61 Å². The van der Waals surface area contributed by atoms with Crippen molar-refractivity contribution in [1.29, 1.82) is 0 Å². The second kappa shape index (κ2) is 8.43. The monoisotopic (exact) mass is 166 g/mol. The predicted molar refractivity (Wildman–Crippen MR) is 39.2 cm³/mol. The lowest BCUT2D eigenvalue weighted by atomic mass is 10.6. The Hall–Kier alpha value is -0.570. The van der Waals surface area contributed by atoms with E-state index in [1.54, 1.807) is 6.92 Å². The van der Waals surface area contributed by atoms with Crippen molar-refractivity contribution >= 4 is 22.8 Å². The first-order chi connectivity index (χ1) is 4.50. The molecule has 0 radical (unpaired) electrons. The van der Waals surface area contributed by atoms with Gasteiger partial charge in [0.05, 0.1) is 6.61 Å². The molecule has 0 saturated carbocycles. The molecule has 0 saturated heterocycles. The van der Waals surface area contributed by atoms with E-state index in [1.807, 2.05) is 0 Å². The smallest absolute Gasteiger partial charge is 0.403 e. The van der Waals surface area contributed by atoms with Crippen LogP contribution in [-0.2, 0) is 9.53 Å². The molecule has 0 aliphatic rings. The molecule has 0 aromatic rings. The highest BCUT2D eigenvalue weighted by atomic mass is 35.5. The Kier molecular flexibility index (Phi) is 10.2. The Balaban J connectivity index is 0. The third kappa shape index (κ3) is 52.0. The minimum atomic E-state index is -0.738. The summed E-state index contributed by atoms with van der Waals surface area (Å²) >= 11 is 4.72. The Morgan fingerprint density at radius 3 is 1.70 bits per heavy atom. The van der Waals surface area contributed by atoms with E-state index in [0.717, 1.165) is 0 Å². The van der Waals surface area contributed by atoms with Crippen LogP contribution in [0.4, 0.5) is 4.79 Å². The van der Waals surface area contributed by atoms with E-state index < -0.39 is 5.43 Å². The van der Waals surface area contributed by atoms with Gasteiger partial charge in [0, 0.05) is 11.6 Å². The molecule has 0 N–H and O–H groups in total. The minimum absolute atomic E-state index is 0.167. The molecule has 0 unspecified atom stereocenters. The van der Waals surface area contributed by atoms with E-state index in [0.29, 0.717) is 6.61 Å². The average molecular weight is 167 g/mol. The maximum absolute atomic E-state index is 9.59. The van der Waals surface area contributed by atoms with Crippen LogP contribution in [0.15, 0.2) is 0 Å². The summed E-state index contributed by atoms with van der Waals surface area (Å²) in [4.78, 5) is 19.0. The summed E-state index contributed by atoms with van der Waals surface area (Å²) in [6.07, 6.45) is 0. The van der Waals surface area contributed by atoms with Crippen molar-refractivity contribution < 1.29 is 14.3 Å². The van der Waals surface area contributed by atoms with Gasteiger partial charge in [-0.05, 0) is 20.8 Å². The summed E-state index contributed by atoms with van der Waals surface area (Å²) in [5.41, 5.74) is -0.738. The molecule has 0 rings (SSSR count). The zero-order valence-corrected chi connectivity index (χ0v) is 7.07. The third-order valence-corrected chi connectivity index (χ3v) is 0.367. The fourth-order valence-electron chi connectivity index (χ4n) is 0.113. The summed E-state index contributed by atoms with van der Waals surface area (Å²) in [6, 6.07) is 0. The number of carbonyl (C=O) groups is 2. The summed E-state index contributed by atoms with van der Waals surface area (Å²) in [7, 11) is 0. The SMILES string of the molecule is CC(C)=O.CCOC(=O)Cl. The number of ketones is 1. The zero-order chi connectivity index (χ0) is 8.57. The van der Waals surface area contributed by atoms with Gasteiger partial charge in [-0.3, -0.25) is 0 Å². The predicted octanol–water partition coefficient (Wildman–Crippen LogP) is 1.98. The van der Waals surface area contributed by atoms with Crippen LogP contribution < -0.4 is 0 Å². The lowest BCUT2D eigenvalue weighted by Crippen LogP contribution is -1.89. The number of halogens is 1. The average Bonchev–Trinajstić information content (AvgIpc) is 1.62. The van der Waals surface area contributed by atoms with Crippen molar-refractivity contribution in [2.45, 2.75) is 20.8 Å². The van der Waals surface area contributed by atoms with Gasteiger partial charge in [0.1, 0.15) is 5.78 Å². The van der Waals surface area contributed by atoms with Gasteiger partial charge in [0.2, 0.25) is 0 Å². The van der Waals surface area contributed by atoms with Crippen molar-refractivity contribution in [3.8, 4) is 0 Å². The second-order valence-corrected chi connectivity index (χ2v) is 1.89. The van der Waals surface area contributed by atoms with Gasteiger partial charge in [0.25, 0.3) is 0 Å². The highest BCUT2D eigenvalue weighted by Crippen LogP contribution is 1.82. The molecule has 0 bridgehead atoms. The van der Waals surface area contributed by atoms with Crippen LogP contribution >= 0.6 is 11.6 Å². The fraction of sp³-hybridized carbons (Fsp3) is 0.667. The second-order valence-electron chi connectivity index (χ2n) is 1.58. The lowest BCUT2D eigenvalue weighted by Gasteiger charge is -1.86. The molecule has 0 aromatic heterocycles. The molecule has 0 atom stereocenters. The first kappa shape index (κ1) is 12.1. The largest absolute Gasteiger partial charge is 0.454 e. The molecule has 60 valence electrons. The summed E-state index contributed by atoms with van der Waals surface area (Å²) in [6.45, 7) is 5.10. The quantitative estimate of drug-likeness (QED) is 0.560. The normalized spacial score (nSPS) is 7.20. The van der Waals surface area contributed by atoms with Crippen molar-refractivity contribution in [1.82, 2.24) is 0 Å². The first-order valence-electron chi connectivity index (χ1n) is 2.80. The van der Waals surface area contributed by atoms with E-state index in [2.05, 4.69) is 4.74 Å². The van der Waals surface area contributed by atoms with E-state index in [4.69, 9.17) is 11.6 Å². The number of rotatable bonds is 1. The fourth-order valence-corrected chi connectivity index (χ4v) is 0.223. The topological polar surface area (TPSA) is 43.4 Å². The summed E-state index contributed by atoms with van der Waals surface area (Å²) in [5.74, 6) is 0.167. The molecule has 3 nitrogen and oxygen atoms in total. The number of hydrogen-bond donors (Lipinski definition) is 0. The maximum Gasteiger partial charge on any atom is 0.403 e. The number of hydrogen-bond acceptors (Lipinski definition) is 3. The standard InChI is InChI=1S/C3H5ClO2.C3H6O/c1-2-6-3(4)5;1-3(2)4/h2H2,1H3;1-2H3. The Morgan fingerprint density at radius 2 is 1.70 bits per heavy atom. The molecule has 0 heterocycles. The third-order valence-electron chi connectivity index (χ3n) is 0.258. The Morgan fingerprint density at radius 1 is 1.40 bits per heavy atom. The molecule has 4 heteroatoms. The molecule has 0 spiro atoms. The Bertz CT molecular complexity index is 108. The van der Waals surface area contributed by atoms with E-state index in [9.17, 15) is 9.59 Å². The van der Waals surface area contributed by atoms with Crippen LogP contribution in [0.2, 0.25) is 0 Å². The molecular weight excluding hydrogens is 156 g/mol. The number of ether oxygens (including phenoxy) is 1. The van der Waals surface area contributed by atoms with Gasteiger partial charge in [-0.15, -0.1) is 0 Å². The van der Waals surface area contributed by atoms with Gasteiger partial charge in [-0.1, -0.05) is 0 Å². The van der Waals surface area contributed by atoms with Crippen LogP contribution in [0.3, 0.4) is 0 Å². The van der Waals surface area contributed by atoms with E-state index in [1.165, 1.54) is 13.8 Å². The van der Waals surface area contributed by atoms with Gasteiger partial charge in [-0.25, -0.2) is 4.79 Å². The van der Waals surface area contributed by atoms with Crippen LogP contribution in [-0.4, -0.2) is 17.8 Å². The van der Waals surface area contributed by atoms with Crippen LogP contribution in [0, 0.1) is 0 Å². The first-order valence-corrected chi connectivity index (χ1v) is 3.18. The van der Waals surface area contributed by atoms with E-state index in [-0.39, 0.29) is 5.78 Å². The van der Waals surface area contributed by atoms with Gasteiger partial charge < -0.3 is 9.53 Å². The lowest BCUT2D eigenvalue weighted by molar-refractivity contribution is -0.114. The van der Waals surface area contributed by atoms with Crippen LogP contribution in [0.25, 0.3) is 0 Å². The zero-order valence-electron chi connectivity index (χ0n) is 6.31. The summed E-state index contributed by atoms with van der Waals surface area (Å²) < 4.78 is 4.17. The molecule has 0 aliphatic heterocycles. The van der Waals surface area contributed by atoms with Crippen molar-refractivity contribution in [2.24, 2.45) is 0 Å². The summed E-state index contributed by atoms with van der Waals surface area (Å²) in [5, 5.41) is 0. The molecule has 0 aromatic carbocycles. The van der Waals surface area contributed by atoms with Crippen molar-refractivity contribution in [3.63, 3.8) is 0 Å². The van der Waals surface area contributed by atoms with Crippen LogP contribution in [0.1, 0.15) is 20.8 Å². The van der Waals surface area contributed by atoms with Gasteiger partial charge in [0.15, 0.2) is 0 Å². The number of Topliss-reactive ketones (excluding diaryl/α,β-unsaturated/α-hetero) is 1. The molecule has 0 amide bonds. The highest BCUT2D eigenvalue weighted by molar-refractivity contribution is 6.61. The molecule has 0 fully saturated rings. The Labute approximate surface area is 65.3 Å². The van der Waals surface area contributed by atoms with Crippen LogP contribution in [0.5, 0.6) is 0 Å². The molecular formula is C6H11ClO3. The van der Waals surface area contributed by atoms with Gasteiger partial charge >= 0.3 is 5.43 Å². The van der Waals surface area contributed by atoms with Crippen molar-refractivity contribution in [3.05, 3.63) is 0 Å². The van der Waals surface area contributed by atoms with E-state index >= 15 is 0 Å². The molecule has 0 aliphatic carbocycles. The minimum Gasteiger partial charge on any atom is -0.454 e. The molecule has 10 heavy (non-hydrogen) atoms. The van der Waals surface area contributed by atoms with Gasteiger partial charge in [-0.2, -0.15) is 0 Å². The maximum atomic E-state index is 9.59. The number of carbonyl (C=O) groups excluding carboxylic acids is 2. The highest BCUT2D eigenvalue weighted by Gasteiger charge is 1.86.